The fourth-order valence-electron chi connectivity index (χ4n) is 1.08. The smallest absolute Gasteiger partial charge is 0.272 e. The van der Waals surface area contributed by atoms with E-state index in [4.69, 9.17) is 0 Å². The molecule has 0 saturated heterocycles. The third-order valence-corrected chi connectivity index (χ3v) is 1.91. The van der Waals surface area contributed by atoms with Gasteiger partial charge in [-0.05, 0) is 19.4 Å². The number of aliphatic hydroxyl groups excluding tert-OH is 1. The average Bonchev–Trinajstić information content (AvgIpc) is 2.04. The van der Waals surface area contributed by atoms with Crippen LogP contribution in [0.4, 0.5) is 5.69 Å². The van der Waals surface area contributed by atoms with E-state index in [9.17, 15) is 15.2 Å². The van der Waals surface area contributed by atoms with Crippen LogP contribution in [-0.4, -0.2) is 10.0 Å². The lowest BCUT2D eigenvalue weighted by molar-refractivity contribution is -0.385. The molecule has 0 fully saturated rings. The number of hydrogen-bond acceptors (Lipinski definition) is 3. The van der Waals surface area contributed by atoms with E-state index in [0.29, 0.717) is 11.1 Å². The molecule has 0 aliphatic carbocycles. The molecule has 4 nitrogen and oxygen atoms in total. The molecule has 0 amide bonds. The summed E-state index contributed by atoms with van der Waals surface area (Å²) in [6.07, 6.45) is -0.667. The topological polar surface area (TPSA) is 63.4 Å². The molecule has 1 N–H and O–H groups in total. The van der Waals surface area contributed by atoms with Crippen molar-refractivity contribution >= 4 is 5.69 Å². The van der Waals surface area contributed by atoms with Gasteiger partial charge in [0.25, 0.3) is 5.69 Å². The highest BCUT2D eigenvalue weighted by Crippen LogP contribution is 2.22. The van der Waals surface area contributed by atoms with Crippen molar-refractivity contribution in [3.05, 3.63) is 39.4 Å². The maximum atomic E-state index is 10.5. The molecule has 0 aromatic heterocycles. The van der Waals surface area contributed by atoms with E-state index in [1.807, 2.05) is 0 Å². The summed E-state index contributed by atoms with van der Waals surface area (Å²) >= 11 is 0. The lowest BCUT2D eigenvalue weighted by atomic mass is 10.1. The summed E-state index contributed by atoms with van der Waals surface area (Å²) in [5.74, 6) is 0. The van der Waals surface area contributed by atoms with Gasteiger partial charge >= 0.3 is 0 Å². The zero-order chi connectivity index (χ0) is 10.0. The van der Waals surface area contributed by atoms with Crippen molar-refractivity contribution in [2.24, 2.45) is 0 Å². The van der Waals surface area contributed by atoms with E-state index in [0.717, 1.165) is 0 Å². The lowest BCUT2D eigenvalue weighted by Crippen LogP contribution is -1.96. The van der Waals surface area contributed by atoms with Gasteiger partial charge in [-0.2, -0.15) is 0 Å². The summed E-state index contributed by atoms with van der Waals surface area (Å²) in [6.45, 7) is 3.25. The molecule has 0 spiro atoms. The predicted octanol–water partition coefficient (Wildman–Crippen LogP) is 1.96. The molecule has 0 unspecified atom stereocenters. The molecule has 1 rings (SSSR count). The second kappa shape index (κ2) is 3.53. The third kappa shape index (κ3) is 2.03. The van der Waals surface area contributed by atoms with Crippen molar-refractivity contribution in [2.45, 2.75) is 20.0 Å². The SMILES string of the molecule is Cc1ccc([C@H](C)O)cc1[N+](=O)[O-]. The van der Waals surface area contributed by atoms with E-state index in [2.05, 4.69) is 0 Å². The second-order valence-corrected chi connectivity index (χ2v) is 2.98. The molecule has 0 aliphatic rings. The van der Waals surface area contributed by atoms with Crippen molar-refractivity contribution in [1.82, 2.24) is 0 Å². The van der Waals surface area contributed by atoms with E-state index in [1.165, 1.54) is 6.07 Å². The minimum Gasteiger partial charge on any atom is -0.389 e. The van der Waals surface area contributed by atoms with Crippen molar-refractivity contribution in [3.63, 3.8) is 0 Å². The summed E-state index contributed by atoms with van der Waals surface area (Å²) in [5, 5.41) is 19.7. The van der Waals surface area contributed by atoms with Crippen LogP contribution in [0.2, 0.25) is 0 Å². The minimum atomic E-state index is -0.667. The minimum absolute atomic E-state index is 0.0541. The predicted molar refractivity (Wildman–Crippen MR) is 48.5 cm³/mol. The van der Waals surface area contributed by atoms with Crippen LogP contribution in [0.25, 0.3) is 0 Å². The zero-order valence-corrected chi connectivity index (χ0v) is 7.52. The maximum absolute atomic E-state index is 10.5. The average molecular weight is 181 g/mol. The molecule has 13 heavy (non-hydrogen) atoms. The summed E-state index contributed by atoms with van der Waals surface area (Å²) in [4.78, 5) is 10.1. The summed E-state index contributed by atoms with van der Waals surface area (Å²) in [7, 11) is 0. The van der Waals surface area contributed by atoms with Gasteiger partial charge in [0.1, 0.15) is 0 Å². The van der Waals surface area contributed by atoms with Crippen molar-refractivity contribution in [1.29, 1.82) is 0 Å². The van der Waals surface area contributed by atoms with Crippen LogP contribution in [0, 0.1) is 17.0 Å². The number of nitro groups is 1. The molecule has 4 heteroatoms. The van der Waals surface area contributed by atoms with Crippen LogP contribution in [0.1, 0.15) is 24.2 Å². The molecule has 1 aromatic rings. The number of rotatable bonds is 2. The monoisotopic (exact) mass is 181 g/mol. The fraction of sp³-hybridized carbons (Fsp3) is 0.333. The molecule has 0 saturated carbocycles. The Morgan fingerprint density at radius 3 is 2.62 bits per heavy atom. The number of nitro benzene ring substituents is 1. The Morgan fingerprint density at radius 1 is 1.54 bits per heavy atom. The van der Waals surface area contributed by atoms with Crippen molar-refractivity contribution in [3.8, 4) is 0 Å². The highest BCUT2D eigenvalue weighted by molar-refractivity contribution is 5.42. The first-order valence-electron chi connectivity index (χ1n) is 3.95. The van der Waals surface area contributed by atoms with Gasteiger partial charge in [0, 0.05) is 11.6 Å². The Balaban J connectivity index is 3.19. The van der Waals surface area contributed by atoms with Gasteiger partial charge in [0.15, 0.2) is 0 Å². The molecule has 0 heterocycles. The summed E-state index contributed by atoms with van der Waals surface area (Å²) in [6, 6.07) is 4.73. The molecule has 1 aromatic carbocycles. The van der Waals surface area contributed by atoms with Crippen LogP contribution >= 0.6 is 0 Å². The summed E-state index contributed by atoms with van der Waals surface area (Å²) in [5.41, 5.74) is 1.23. The van der Waals surface area contributed by atoms with Crippen LogP contribution in [0.15, 0.2) is 18.2 Å². The molecule has 0 radical (unpaired) electrons. The van der Waals surface area contributed by atoms with Gasteiger partial charge in [-0.25, -0.2) is 0 Å². The number of aliphatic hydroxyl groups is 1. The molecule has 0 bridgehead atoms. The first kappa shape index (κ1) is 9.67. The summed E-state index contributed by atoms with van der Waals surface area (Å²) < 4.78 is 0. The van der Waals surface area contributed by atoms with Crippen LogP contribution in [0.5, 0.6) is 0 Å². The van der Waals surface area contributed by atoms with Gasteiger partial charge < -0.3 is 5.11 Å². The molecular formula is C9H11NO3. The van der Waals surface area contributed by atoms with E-state index >= 15 is 0 Å². The normalized spacial score (nSPS) is 12.5. The Hall–Kier alpha value is -1.42. The number of benzene rings is 1. The largest absolute Gasteiger partial charge is 0.389 e. The Morgan fingerprint density at radius 2 is 2.15 bits per heavy atom. The molecule has 0 aliphatic heterocycles. The van der Waals surface area contributed by atoms with Crippen molar-refractivity contribution < 1.29 is 10.0 Å². The van der Waals surface area contributed by atoms with Crippen molar-refractivity contribution in [2.75, 3.05) is 0 Å². The van der Waals surface area contributed by atoms with E-state index in [-0.39, 0.29) is 5.69 Å². The van der Waals surface area contributed by atoms with E-state index < -0.39 is 11.0 Å². The van der Waals surface area contributed by atoms with E-state index in [1.54, 1.807) is 26.0 Å². The Kier molecular flexibility index (Phi) is 2.63. The standard InChI is InChI=1S/C9H11NO3/c1-6-3-4-8(7(2)11)5-9(6)10(12)13/h3-5,7,11H,1-2H3/t7-/m0/s1. The maximum Gasteiger partial charge on any atom is 0.272 e. The second-order valence-electron chi connectivity index (χ2n) is 2.98. The Labute approximate surface area is 76.0 Å². The van der Waals surface area contributed by atoms with Gasteiger partial charge in [-0.15, -0.1) is 0 Å². The highest BCUT2D eigenvalue weighted by Gasteiger charge is 2.12. The lowest BCUT2D eigenvalue weighted by Gasteiger charge is -2.04. The fourth-order valence-corrected chi connectivity index (χ4v) is 1.08. The van der Waals surface area contributed by atoms with Gasteiger partial charge in [-0.3, -0.25) is 10.1 Å². The van der Waals surface area contributed by atoms with Gasteiger partial charge in [0.2, 0.25) is 0 Å². The molecular weight excluding hydrogens is 170 g/mol. The molecule has 1 atom stereocenters. The third-order valence-electron chi connectivity index (χ3n) is 1.91. The number of aryl methyl sites for hydroxylation is 1. The number of nitrogens with zero attached hydrogens (tertiary/aromatic N) is 1. The van der Waals surface area contributed by atoms with Crippen LogP contribution < -0.4 is 0 Å². The van der Waals surface area contributed by atoms with Crippen LogP contribution in [-0.2, 0) is 0 Å². The number of hydrogen-bond donors (Lipinski definition) is 1. The quantitative estimate of drug-likeness (QED) is 0.560. The van der Waals surface area contributed by atoms with Gasteiger partial charge in [-0.1, -0.05) is 12.1 Å². The Bertz CT molecular complexity index is 334. The van der Waals surface area contributed by atoms with Gasteiger partial charge in [0.05, 0.1) is 11.0 Å². The zero-order valence-electron chi connectivity index (χ0n) is 7.52. The first-order chi connectivity index (χ1) is 6.02. The highest BCUT2D eigenvalue weighted by atomic mass is 16.6. The first-order valence-corrected chi connectivity index (χ1v) is 3.95. The van der Waals surface area contributed by atoms with Crippen LogP contribution in [0.3, 0.4) is 0 Å². The molecule has 70 valence electrons.